The van der Waals surface area contributed by atoms with E-state index in [0.29, 0.717) is 11.3 Å². The fraction of sp³-hybridized carbons (Fsp3) is 0.444. The minimum absolute atomic E-state index is 0.0629. The van der Waals surface area contributed by atoms with Crippen LogP contribution in [0.5, 0.6) is 0 Å². The van der Waals surface area contributed by atoms with Crippen LogP contribution in [0, 0.1) is 5.92 Å². The number of rotatable bonds is 8. The van der Waals surface area contributed by atoms with Crippen molar-refractivity contribution in [2.75, 3.05) is 25.5 Å². The average Bonchev–Trinajstić information content (AvgIpc) is 2.62. The van der Waals surface area contributed by atoms with E-state index in [1.807, 2.05) is 0 Å². The summed E-state index contributed by atoms with van der Waals surface area (Å²) in [6.45, 7) is 5.01. The molecular formula is C18H25N3O6. The second-order valence-electron chi connectivity index (χ2n) is 6.07. The van der Waals surface area contributed by atoms with Crippen molar-refractivity contribution >= 4 is 29.6 Å². The van der Waals surface area contributed by atoms with Crippen molar-refractivity contribution in [3.63, 3.8) is 0 Å². The van der Waals surface area contributed by atoms with Crippen LogP contribution in [0.3, 0.4) is 0 Å². The number of nitrogens with one attached hydrogen (secondary N) is 2. The molecule has 0 fully saturated rings. The van der Waals surface area contributed by atoms with E-state index in [-0.39, 0.29) is 13.2 Å². The zero-order valence-electron chi connectivity index (χ0n) is 15.8. The summed E-state index contributed by atoms with van der Waals surface area (Å²) in [7, 11) is 1.49. The van der Waals surface area contributed by atoms with Gasteiger partial charge in [-0.25, -0.2) is 9.59 Å². The molecule has 9 heteroatoms. The summed E-state index contributed by atoms with van der Waals surface area (Å²) in [5.74, 6) is -2.63. The van der Waals surface area contributed by atoms with Gasteiger partial charge in [0.1, 0.15) is 6.04 Å². The molecule has 1 aromatic rings. The lowest BCUT2D eigenvalue weighted by Gasteiger charge is -2.20. The summed E-state index contributed by atoms with van der Waals surface area (Å²) < 4.78 is 4.83. The largest absolute Gasteiger partial charge is 0.481 e. The molecule has 3 N–H and O–H groups in total. The van der Waals surface area contributed by atoms with Crippen LogP contribution in [0.4, 0.5) is 10.5 Å². The molecule has 3 amide bonds. The molecule has 0 radical (unpaired) electrons. The number of anilines is 1. The first kappa shape index (κ1) is 21.9. The molecule has 0 heterocycles. The van der Waals surface area contributed by atoms with Gasteiger partial charge in [0.05, 0.1) is 12.5 Å². The number of aliphatic carboxylic acids is 1. The van der Waals surface area contributed by atoms with E-state index >= 15 is 0 Å². The minimum atomic E-state index is -0.984. The third-order valence-corrected chi connectivity index (χ3v) is 3.70. The van der Waals surface area contributed by atoms with E-state index in [9.17, 15) is 19.2 Å². The summed E-state index contributed by atoms with van der Waals surface area (Å²) in [5.41, 5.74) is 0.766. The van der Waals surface area contributed by atoms with Crippen LogP contribution in [0.1, 0.15) is 31.1 Å². The van der Waals surface area contributed by atoms with Gasteiger partial charge in [0.15, 0.2) is 0 Å². The molecule has 1 aromatic carbocycles. The van der Waals surface area contributed by atoms with Gasteiger partial charge in [0, 0.05) is 24.8 Å². The smallest absolute Gasteiger partial charge is 0.328 e. The van der Waals surface area contributed by atoms with Gasteiger partial charge < -0.3 is 25.4 Å². The first-order valence-corrected chi connectivity index (χ1v) is 8.48. The van der Waals surface area contributed by atoms with Gasteiger partial charge in [-0.05, 0) is 38.1 Å². The molecule has 0 bridgehead atoms. The Morgan fingerprint density at radius 3 is 2.26 bits per heavy atom. The quantitative estimate of drug-likeness (QED) is 0.589. The number of urea groups is 1. The highest BCUT2D eigenvalue weighted by molar-refractivity contribution is 5.97. The highest BCUT2D eigenvalue weighted by atomic mass is 16.5. The molecule has 0 spiro atoms. The highest BCUT2D eigenvalue weighted by Gasteiger charge is 2.19. The van der Waals surface area contributed by atoms with Crippen molar-refractivity contribution in [1.29, 1.82) is 0 Å². The Balaban J connectivity index is 2.62. The molecule has 148 valence electrons. The van der Waals surface area contributed by atoms with E-state index in [0.717, 1.165) is 0 Å². The lowest BCUT2D eigenvalue weighted by molar-refractivity contribution is -0.145. The Bertz CT molecular complexity index is 689. The Hall–Kier alpha value is -3.10. The number of carboxylic acid groups (broad SMARTS) is 1. The lowest BCUT2D eigenvalue weighted by atomic mass is 10.1. The van der Waals surface area contributed by atoms with E-state index in [1.165, 1.54) is 50.1 Å². The zero-order valence-corrected chi connectivity index (χ0v) is 15.8. The minimum Gasteiger partial charge on any atom is -0.481 e. The number of carbonyl (C=O) groups excluding carboxylic acids is 3. The monoisotopic (exact) mass is 379 g/mol. The number of ether oxygens (including phenoxy) is 1. The van der Waals surface area contributed by atoms with Gasteiger partial charge in [-0.15, -0.1) is 0 Å². The van der Waals surface area contributed by atoms with Crippen molar-refractivity contribution in [2.24, 2.45) is 5.92 Å². The van der Waals surface area contributed by atoms with Crippen molar-refractivity contribution in [3.8, 4) is 0 Å². The van der Waals surface area contributed by atoms with Crippen molar-refractivity contribution in [2.45, 2.75) is 26.8 Å². The lowest BCUT2D eigenvalue weighted by Crippen LogP contribution is -2.39. The van der Waals surface area contributed by atoms with Gasteiger partial charge in [-0.3, -0.25) is 9.59 Å². The third-order valence-electron chi connectivity index (χ3n) is 3.70. The number of carboxylic acids is 1. The summed E-state index contributed by atoms with van der Waals surface area (Å²) in [4.78, 5) is 47.8. The molecule has 0 aliphatic rings. The SMILES string of the molecule is CCOC(=O)C(C)NC(=O)c1ccc(NC(=O)N(C)CC(C)C(=O)O)cc1. The molecule has 0 aliphatic carbocycles. The van der Waals surface area contributed by atoms with Crippen LogP contribution >= 0.6 is 0 Å². The first-order valence-electron chi connectivity index (χ1n) is 8.48. The van der Waals surface area contributed by atoms with Crippen molar-refractivity contribution in [1.82, 2.24) is 10.2 Å². The van der Waals surface area contributed by atoms with Crippen LogP contribution in [-0.2, 0) is 14.3 Å². The molecule has 0 saturated carbocycles. The van der Waals surface area contributed by atoms with Crippen LogP contribution in [0.25, 0.3) is 0 Å². The maximum atomic E-state index is 12.1. The van der Waals surface area contributed by atoms with Gasteiger partial charge >= 0.3 is 18.0 Å². The Morgan fingerprint density at radius 1 is 1.15 bits per heavy atom. The predicted octanol–water partition coefficient (Wildman–Crippen LogP) is 1.55. The Morgan fingerprint density at radius 2 is 1.74 bits per heavy atom. The normalized spacial score (nSPS) is 12.4. The maximum absolute atomic E-state index is 12.1. The number of carbonyl (C=O) groups is 4. The Kier molecular flexibility index (Phi) is 8.25. The fourth-order valence-corrected chi connectivity index (χ4v) is 2.10. The molecule has 27 heavy (non-hydrogen) atoms. The number of amides is 3. The molecular weight excluding hydrogens is 354 g/mol. The highest BCUT2D eigenvalue weighted by Crippen LogP contribution is 2.11. The zero-order chi connectivity index (χ0) is 20.6. The van der Waals surface area contributed by atoms with Crippen LogP contribution < -0.4 is 10.6 Å². The molecule has 0 saturated heterocycles. The van der Waals surface area contributed by atoms with Crippen molar-refractivity contribution in [3.05, 3.63) is 29.8 Å². The number of hydrogen-bond acceptors (Lipinski definition) is 5. The predicted molar refractivity (Wildman–Crippen MR) is 98.5 cm³/mol. The second kappa shape index (κ2) is 10.1. The van der Waals surface area contributed by atoms with Crippen molar-refractivity contribution < 1.29 is 29.0 Å². The second-order valence-corrected chi connectivity index (χ2v) is 6.07. The van der Waals surface area contributed by atoms with Gasteiger partial charge in [-0.1, -0.05) is 6.92 Å². The van der Waals surface area contributed by atoms with Gasteiger partial charge in [0.25, 0.3) is 5.91 Å². The standard InChI is InChI=1S/C18H25N3O6/c1-5-27-17(25)12(3)19-15(22)13-6-8-14(9-7-13)20-18(26)21(4)10-11(2)16(23)24/h6-9,11-12H,5,10H2,1-4H3,(H,19,22)(H,20,26)(H,23,24). The molecule has 2 atom stereocenters. The summed E-state index contributed by atoms with van der Waals surface area (Å²) in [5, 5.41) is 14.0. The number of benzene rings is 1. The third kappa shape index (κ3) is 6.96. The van der Waals surface area contributed by atoms with Crippen LogP contribution in [0.2, 0.25) is 0 Å². The van der Waals surface area contributed by atoms with E-state index in [1.54, 1.807) is 6.92 Å². The molecule has 9 nitrogen and oxygen atoms in total. The summed E-state index contributed by atoms with van der Waals surface area (Å²) in [6.07, 6.45) is 0. The van der Waals surface area contributed by atoms with Crippen LogP contribution in [0.15, 0.2) is 24.3 Å². The van der Waals surface area contributed by atoms with E-state index in [2.05, 4.69) is 10.6 Å². The topological polar surface area (TPSA) is 125 Å². The number of hydrogen-bond donors (Lipinski definition) is 3. The van der Waals surface area contributed by atoms with Gasteiger partial charge in [-0.2, -0.15) is 0 Å². The summed E-state index contributed by atoms with van der Waals surface area (Å²) >= 11 is 0. The number of nitrogens with zero attached hydrogens (tertiary/aromatic N) is 1. The molecule has 1 rings (SSSR count). The Labute approximate surface area is 157 Å². The van der Waals surface area contributed by atoms with E-state index < -0.39 is 35.8 Å². The van der Waals surface area contributed by atoms with Gasteiger partial charge in [0.2, 0.25) is 0 Å². The maximum Gasteiger partial charge on any atom is 0.328 e. The van der Waals surface area contributed by atoms with E-state index in [4.69, 9.17) is 9.84 Å². The number of esters is 1. The summed E-state index contributed by atoms with van der Waals surface area (Å²) in [6, 6.07) is 4.84. The fourth-order valence-electron chi connectivity index (χ4n) is 2.10. The molecule has 2 unspecified atom stereocenters. The van der Waals surface area contributed by atoms with Crippen LogP contribution in [-0.4, -0.2) is 60.1 Å². The molecule has 0 aromatic heterocycles. The first-order chi connectivity index (χ1) is 12.6. The molecule has 0 aliphatic heterocycles. The average molecular weight is 379 g/mol.